The number of hydrogen-bond acceptors (Lipinski definition) is 4. The van der Waals surface area contributed by atoms with Gasteiger partial charge in [-0.15, -0.1) is 0 Å². The van der Waals surface area contributed by atoms with Gasteiger partial charge in [-0.2, -0.15) is 0 Å². The van der Waals surface area contributed by atoms with Crippen LogP contribution in [0, 0.1) is 0 Å². The number of aromatic nitrogens is 3. The Balaban J connectivity index is 2.90. The third-order valence-electron chi connectivity index (χ3n) is 2.28. The molecule has 0 atom stereocenters. The molecule has 0 spiro atoms. The first-order chi connectivity index (χ1) is 7.11. The standard InChI is InChI=1S/C10H12N4O/c1-6(2)14-5-13-7-3-4-12-9(11)8(7)10(14)15/h3-6H,1-2H3,(H2,11,12). The molecule has 0 unspecified atom stereocenters. The predicted molar refractivity (Wildman–Crippen MR) is 58.6 cm³/mol. The second-order valence-electron chi connectivity index (χ2n) is 3.64. The highest BCUT2D eigenvalue weighted by Gasteiger charge is 2.09. The molecule has 0 radical (unpaired) electrons. The summed E-state index contributed by atoms with van der Waals surface area (Å²) in [6.45, 7) is 3.84. The largest absolute Gasteiger partial charge is 0.383 e. The van der Waals surface area contributed by atoms with Gasteiger partial charge in [-0.1, -0.05) is 0 Å². The molecule has 2 heterocycles. The summed E-state index contributed by atoms with van der Waals surface area (Å²) in [6.07, 6.45) is 3.08. The number of fused-ring (bicyclic) bond motifs is 1. The van der Waals surface area contributed by atoms with E-state index in [1.54, 1.807) is 16.8 Å². The average Bonchev–Trinajstić information content (AvgIpc) is 2.17. The summed E-state index contributed by atoms with van der Waals surface area (Å²) < 4.78 is 1.54. The zero-order valence-corrected chi connectivity index (χ0v) is 8.64. The Kier molecular flexibility index (Phi) is 2.15. The van der Waals surface area contributed by atoms with Crippen LogP contribution in [0.4, 0.5) is 5.82 Å². The predicted octanol–water partition coefficient (Wildman–Crippen LogP) is 0.955. The maximum atomic E-state index is 12.0. The van der Waals surface area contributed by atoms with Crippen LogP contribution in [0.25, 0.3) is 10.9 Å². The highest BCUT2D eigenvalue weighted by molar-refractivity contribution is 5.86. The smallest absolute Gasteiger partial charge is 0.265 e. The van der Waals surface area contributed by atoms with Gasteiger partial charge >= 0.3 is 0 Å². The van der Waals surface area contributed by atoms with Crippen molar-refractivity contribution in [3.63, 3.8) is 0 Å². The second-order valence-corrected chi connectivity index (χ2v) is 3.64. The van der Waals surface area contributed by atoms with E-state index in [1.807, 2.05) is 13.8 Å². The first kappa shape index (κ1) is 9.64. The maximum absolute atomic E-state index is 12.0. The zero-order valence-electron chi connectivity index (χ0n) is 8.64. The summed E-state index contributed by atoms with van der Waals surface area (Å²) in [5, 5.41) is 0.397. The summed E-state index contributed by atoms with van der Waals surface area (Å²) in [5.41, 5.74) is 6.11. The molecule has 0 aliphatic heterocycles. The molecule has 0 saturated carbocycles. The topological polar surface area (TPSA) is 73.8 Å². The van der Waals surface area contributed by atoms with Crippen LogP contribution < -0.4 is 11.3 Å². The number of pyridine rings is 1. The van der Waals surface area contributed by atoms with Crippen molar-refractivity contribution in [3.8, 4) is 0 Å². The van der Waals surface area contributed by atoms with E-state index >= 15 is 0 Å². The number of nitrogens with zero attached hydrogens (tertiary/aromatic N) is 3. The first-order valence-corrected chi connectivity index (χ1v) is 4.72. The van der Waals surface area contributed by atoms with Gasteiger partial charge in [0.05, 0.1) is 11.8 Å². The lowest BCUT2D eigenvalue weighted by Gasteiger charge is -2.09. The number of rotatable bonds is 1. The molecule has 2 aromatic rings. The molecule has 0 fully saturated rings. The van der Waals surface area contributed by atoms with Crippen LogP contribution in [0.1, 0.15) is 19.9 Å². The molecule has 78 valence electrons. The summed E-state index contributed by atoms with van der Waals surface area (Å²) in [6, 6.07) is 1.74. The van der Waals surface area contributed by atoms with Crippen molar-refractivity contribution in [3.05, 3.63) is 28.9 Å². The molecule has 5 heteroatoms. The Morgan fingerprint density at radius 1 is 1.40 bits per heavy atom. The third kappa shape index (κ3) is 1.45. The van der Waals surface area contributed by atoms with Crippen molar-refractivity contribution in [2.45, 2.75) is 19.9 Å². The van der Waals surface area contributed by atoms with Crippen LogP contribution in [0.2, 0.25) is 0 Å². The number of nitrogens with two attached hydrogens (primary N) is 1. The monoisotopic (exact) mass is 204 g/mol. The summed E-state index contributed by atoms with van der Waals surface area (Å²) >= 11 is 0. The second kappa shape index (κ2) is 3.34. The molecule has 5 nitrogen and oxygen atoms in total. The first-order valence-electron chi connectivity index (χ1n) is 4.72. The molecular weight excluding hydrogens is 192 g/mol. The molecule has 0 aliphatic carbocycles. The maximum Gasteiger partial charge on any atom is 0.265 e. The lowest BCUT2D eigenvalue weighted by Crippen LogP contribution is -2.23. The Morgan fingerprint density at radius 3 is 2.80 bits per heavy atom. The highest BCUT2D eigenvalue weighted by atomic mass is 16.1. The van der Waals surface area contributed by atoms with Gasteiger partial charge < -0.3 is 5.73 Å². The molecule has 0 saturated heterocycles. The number of nitrogen functional groups attached to an aromatic ring is 1. The van der Waals surface area contributed by atoms with Crippen molar-refractivity contribution in [2.75, 3.05) is 5.73 Å². The van der Waals surface area contributed by atoms with Gasteiger partial charge in [-0.05, 0) is 19.9 Å². The fraction of sp³-hybridized carbons (Fsp3) is 0.300. The highest BCUT2D eigenvalue weighted by Crippen LogP contribution is 2.12. The van der Waals surface area contributed by atoms with E-state index in [-0.39, 0.29) is 17.4 Å². The molecule has 0 bridgehead atoms. The average molecular weight is 204 g/mol. The van der Waals surface area contributed by atoms with Crippen LogP contribution in [-0.2, 0) is 0 Å². The Morgan fingerprint density at radius 2 is 2.13 bits per heavy atom. The van der Waals surface area contributed by atoms with Gasteiger partial charge in [-0.3, -0.25) is 9.36 Å². The minimum atomic E-state index is -0.138. The lowest BCUT2D eigenvalue weighted by molar-refractivity contribution is 0.573. The Bertz CT molecular complexity index is 559. The zero-order chi connectivity index (χ0) is 11.0. The Hall–Kier alpha value is -1.91. The van der Waals surface area contributed by atoms with Crippen LogP contribution in [-0.4, -0.2) is 14.5 Å². The molecule has 0 aromatic carbocycles. The minimum absolute atomic E-state index is 0.0639. The van der Waals surface area contributed by atoms with Crippen molar-refractivity contribution in [2.24, 2.45) is 0 Å². The number of hydrogen-bond donors (Lipinski definition) is 1. The number of anilines is 1. The van der Waals surface area contributed by atoms with E-state index < -0.39 is 0 Å². The SMILES string of the molecule is CC(C)n1cnc2ccnc(N)c2c1=O. The molecule has 0 amide bonds. The van der Waals surface area contributed by atoms with Gasteiger partial charge in [0.2, 0.25) is 0 Å². The van der Waals surface area contributed by atoms with Gasteiger partial charge in [0, 0.05) is 12.2 Å². The van der Waals surface area contributed by atoms with Gasteiger partial charge in [0.25, 0.3) is 5.56 Å². The molecule has 2 N–H and O–H groups in total. The van der Waals surface area contributed by atoms with Crippen molar-refractivity contribution >= 4 is 16.7 Å². The van der Waals surface area contributed by atoms with Crippen LogP contribution in [0.15, 0.2) is 23.4 Å². The van der Waals surface area contributed by atoms with Gasteiger partial charge in [-0.25, -0.2) is 9.97 Å². The fourth-order valence-corrected chi connectivity index (χ4v) is 1.47. The van der Waals surface area contributed by atoms with Crippen molar-refractivity contribution in [1.29, 1.82) is 0 Å². The molecule has 15 heavy (non-hydrogen) atoms. The fourth-order valence-electron chi connectivity index (χ4n) is 1.47. The third-order valence-corrected chi connectivity index (χ3v) is 2.28. The molecule has 2 rings (SSSR count). The van der Waals surface area contributed by atoms with Crippen LogP contribution in [0.3, 0.4) is 0 Å². The van der Waals surface area contributed by atoms with Crippen molar-refractivity contribution < 1.29 is 0 Å². The summed E-state index contributed by atoms with van der Waals surface area (Å²) in [5.74, 6) is 0.236. The van der Waals surface area contributed by atoms with E-state index in [0.717, 1.165) is 0 Å². The Labute approximate surface area is 86.6 Å². The van der Waals surface area contributed by atoms with E-state index in [2.05, 4.69) is 9.97 Å². The minimum Gasteiger partial charge on any atom is -0.383 e. The van der Waals surface area contributed by atoms with E-state index in [9.17, 15) is 4.79 Å². The lowest BCUT2D eigenvalue weighted by atomic mass is 10.3. The van der Waals surface area contributed by atoms with E-state index in [1.165, 1.54) is 6.33 Å². The van der Waals surface area contributed by atoms with Gasteiger partial charge in [0.15, 0.2) is 0 Å². The molecular formula is C10H12N4O. The van der Waals surface area contributed by atoms with Crippen LogP contribution >= 0.6 is 0 Å². The van der Waals surface area contributed by atoms with E-state index in [4.69, 9.17) is 5.73 Å². The van der Waals surface area contributed by atoms with Crippen LogP contribution in [0.5, 0.6) is 0 Å². The molecule has 0 aliphatic rings. The summed E-state index contributed by atoms with van der Waals surface area (Å²) in [7, 11) is 0. The normalized spacial score (nSPS) is 11.1. The van der Waals surface area contributed by atoms with Crippen molar-refractivity contribution in [1.82, 2.24) is 14.5 Å². The quantitative estimate of drug-likeness (QED) is 0.750. The summed E-state index contributed by atoms with van der Waals surface area (Å²) in [4.78, 5) is 20.1. The van der Waals surface area contributed by atoms with E-state index in [0.29, 0.717) is 10.9 Å². The van der Waals surface area contributed by atoms with Gasteiger partial charge in [0.1, 0.15) is 11.2 Å². The molecule has 2 aromatic heterocycles.